The van der Waals surface area contributed by atoms with Crippen LogP contribution in [0, 0.1) is 5.92 Å². The lowest BCUT2D eigenvalue weighted by Gasteiger charge is -2.21. The molecule has 1 nitrogen and oxygen atoms in total. The molecule has 1 saturated carbocycles. The van der Waals surface area contributed by atoms with Gasteiger partial charge in [-0.1, -0.05) is 44.2 Å². The fourth-order valence-corrected chi connectivity index (χ4v) is 2.36. The second-order valence-corrected chi connectivity index (χ2v) is 4.37. The zero-order chi connectivity index (χ0) is 9.80. The predicted octanol–water partition coefficient (Wildman–Crippen LogP) is 3.52. The van der Waals surface area contributed by atoms with Crippen LogP contribution in [-0.4, -0.2) is 5.11 Å². The quantitative estimate of drug-likeness (QED) is 0.756. The second kappa shape index (κ2) is 4.50. The Bertz CT molecular complexity index is 270. The van der Waals surface area contributed by atoms with Crippen LogP contribution < -0.4 is 0 Å². The van der Waals surface area contributed by atoms with Crippen molar-refractivity contribution >= 4 is 0 Å². The van der Waals surface area contributed by atoms with Crippen LogP contribution >= 0.6 is 0 Å². The Morgan fingerprint density at radius 1 is 1.00 bits per heavy atom. The third-order valence-electron chi connectivity index (χ3n) is 3.19. The molecule has 0 saturated heterocycles. The molecule has 0 atom stereocenters. The average Bonchev–Trinajstić information content (AvgIpc) is 2.23. The van der Waals surface area contributed by atoms with E-state index in [1.54, 1.807) is 12.1 Å². The van der Waals surface area contributed by atoms with Crippen molar-refractivity contribution in [3.63, 3.8) is 0 Å². The molecule has 0 bridgehead atoms. The molecule has 1 fully saturated rings. The van der Waals surface area contributed by atoms with Gasteiger partial charge in [0.1, 0.15) is 5.75 Å². The second-order valence-electron chi connectivity index (χ2n) is 4.37. The van der Waals surface area contributed by atoms with Gasteiger partial charge in [0.05, 0.1) is 0 Å². The van der Waals surface area contributed by atoms with Crippen molar-refractivity contribution in [1.82, 2.24) is 0 Å². The molecule has 0 aromatic heterocycles. The van der Waals surface area contributed by atoms with E-state index in [9.17, 15) is 0 Å². The van der Waals surface area contributed by atoms with E-state index in [4.69, 9.17) is 5.11 Å². The molecule has 76 valence electrons. The van der Waals surface area contributed by atoms with Gasteiger partial charge in [-0.05, 0) is 30.0 Å². The number of phenols is 1. The molecule has 1 aromatic carbocycles. The first-order chi connectivity index (χ1) is 6.84. The Hall–Kier alpha value is -0.980. The summed E-state index contributed by atoms with van der Waals surface area (Å²) in [4.78, 5) is 0. The highest BCUT2D eigenvalue weighted by molar-refractivity contribution is 5.26. The number of rotatable bonds is 2. The third kappa shape index (κ3) is 2.50. The molecule has 1 aliphatic rings. The highest BCUT2D eigenvalue weighted by Gasteiger charge is 2.13. The summed E-state index contributed by atoms with van der Waals surface area (Å²) in [6, 6.07) is 7.67. The lowest BCUT2D eigenvalue weighted by atomic mass is 9.85. The maximum Gasteiger partial charge on any atom is 0.115 e. The summed E-state index contributed by atoms with van der Waals surface area (Å²) >= 11 is 0. The molecule has 1 aromatic rings. The molecule has 1 heteroatoms. The van der Waals surface area contributed by atoms with Gasteiger partial charge in [0.15, 0.2) is 0 Å². The van der Waals surface area contributed by atoms with Crippen molar-refractivity contribution in [2.24, 2.45) is 5.92 Å². The summed E-state index contributed by atoms with van der Waals surface area (Å²) < 4.78 is 0. The van der Waals surface area contributed by atoms with E-state index in [2.05, 4.69) is 0 Å². The van der Waals surface area contributed by atoms with E-state index in [0.717, 1.165) is 5.92 Å². The van der Waals surface area contributed by atoms with Crippen molar-refractivity contribution in [3.8, 4) is 5.75 Å². The standard InChI is InChI=1S/C13H18O/c14-13-8-6-12(7-9-13)10-11-4-2-1-3-5-11/h6-9,11,14H,1-5,10H2. The van der Waals surface area contributed by atoms with Gasteiger partial charge in [-0.15, -0.1) is 0 Å². The summed E-state index contributed by atoms with van der Waals surface area (Å²) in [6.07, 6.45) is 8.21. The molecule has 0 unspecified atom stereocenters. The highest BCUT2D eigenvalue weighted by Crippen LogP contribution is 2.27. The summed E-state index contributed by atoms with van der Waals surface area (Å²) in [6.45, 7) is 0. The maximum atomic E-state index is 9.16. The minimum absolute atomic E-state index is 0.373. The number of aromatic hydroxyl groups is 1. The van der Waals surface area contributed by atoms with Crippen molar-refractivity contribution in [3.05, 3.63) is 29.8 Å². The molecule has 2 rings (SSSR count). The fourth-order valence-electron chi connectivity index (χ4n) is 2.36. The number of phenolic OH excluding ortho intramolecular Hbond substituents is 1. The van der Waals surface area contributed by atoms with Crippen molar-refractivity contribution in [2.75, 3.05) is 0 Å². The smallest absolute Gasteiger partial charge is 0.115 e. The van der Waals surface area contributed by atoms with E-state index in [1.807, 2.05) is 12.1 Å². The van der Waals surface area contributed by atoms with Gasteiger partial charge in [-0.25, -0.2) is 0 Å². The lowest BCUT2D eigenvalue weighted by molar-refractivity contribution is 0.356. The van der Waals surface area contributed by atoms with E-state index < -0.39 is 0 Å². The molecule has 0 radical (unpaired) electrons. The van der Waals surface area contributed by atoms with Gasteiger partial charge in [-0.3, -0.25) is 0 Å². The SMILES string of the molecule is Oc1ccc(CC2CCCCC2)cc1. The van der Waals surface area contributed by atoms with Gasteiger partial charge in [0.2, 0.25) is 0 Å². The Morgan fingerprint density at radius 3 is 2.29 bits per heavy atom. The topological polar surface area (TPSA) is 20.2 Å². The van der Waals surface area contributed by atoms with Crippen LogP contribution in [-0.2, 0) is 6.42 Å². The van der Waals surface area contributed by atoms with E-state index in [0.29, 0.717) is 5.75 Å². The zero-order valence-electron chi connectivity index (χ0n) is 8.58. The third-order valence-corrected chi connectivity index (χ3v) is 3.19. The van der Waals surface area contributed by atoms with Crippen LogP contribution in [0.15, 0.2) is 24.3 Å². The summed E-state index contributed by atoms with van der Waals surface area (Å²) in [5.74, 6) is 1.26. The van der Waals surface area contributed by atoms with Crippen LogP contribution in [0.5, 0.6) is 5.75 Å². The molecular formula is C13H18O. The highest BCUT2D eigenvalue weighted by atomic mass is 16.3. The maximum absolute atomic E-state index is 9.16. The number of hydrogen-bond donors (Lipinski definition) is 1. The van der Waals surface area contributed by atoms with Crippen LogP contribution in [0.2, 0.25) is 0 Å². The van der Waals surface area contributed by atoms with Gasteiger partial charge >= 0.3 is 0 Å². The first-order valence-corrected chi connectivity index (χ1v) is 5.62. The monoisotopic (exact) mass is 190 g/mol. The zero-order valence-corrected chi connectivity index (χ0v) is 8.58. The van der Waals surface area contributed by atoms with E-state index in [-0.39, 0.29) is 0 Å². The van der Waals surface area contributed by atoms with Gasteiger partial charge in [0.25, 0.3) is 0 Å². The Labute approximate surface area is 85.8 Å². The molecule has 0 heterocycles. The Kier molecular flexibility index (Phi) is 3.07. The van der Waals surface area contributed by atoms with E-state index >= 15 is 0 Å². The fraction of sp³-hybridized carbons (Fsp3) is 0.538. The van der Waals surface area contributed by atoms with Gasteiger partial charge in [-0.2, -0.15) is 0 Å². The van der Waals surface area contributed by atoms with Crippen LogP contribution in [0.1, 0.15) is 37.7 Å². The normalized spacial score (nSPS) is 18.3. The van der Waals surface area contributed by atoms with Crippen molar-refractivity contribution in [1.29, 1.82) is 0 Å². The van der Waals surface area contributed by atoms with Crippen molar-refractivity contribution in [2.45, 2.75) is 38.5 Å². The molecule has 0 spiro atoms. The first kappa shape index (κ1) is 9.57. The molecule has 1 aliphatic carbocycles. The minimum Gasteiger partial charge on any atom is -0.508 e. The first-order valence-electron chi connectivity index (χ1n) is 5.62. The van der Waals surface area contributed by atoms with Crippen LogP contribution in [0.3, 0.4) is 0 Å². The summed E-state index contributed by atoms with van der Waals surface area (Å²) in [7, 11) is 0. The van der Waals surface area contributed by atoms with Crippen LogP contribution in [0.25, 0.3) is 0 Å². The number of hydrogen-bond acceptors (Lipinski definition) is 1. The minimum atomic E-state index is 0.373. The van der Waals surface area contributed by atoms with E-state index in [1.165, 1.54) is 44.1 Å². The van der Waals surface area contributed by atoms with Gasteiger partial charge in [0, 0.05) is 0 Å². The van der Waals surface area contributed by atoms with Crippen LogP contribution in [0.4, 0.5) is 0 Å². The number of benzene rings is 1. The molecule has 0 amide bonds. The Morgan fingerprint density at radius 2 is 1.64 bits per heavy atom. The average molecular weight is 190 g/mol. The lowest BCUT2D eigenvalue weighted by Crippen LogP contribution is -2.08. The molecule has 1 N–H and O–H groups in total. The summed E-state index contributed by atoms with van der Waals surface area (Å²) in [5.41, 5.74) is 1.37. The molecular weight excluding hydrogens is 172 g/mol. The molecule has 14 heavy (non-hydrogen) atoms. The molecule has 0 aliphatic heterocycles. The summed E-state index contributed by atoms with van der Waals surface area (Å²) in [5, 5.41) is 9.16. The Balaban J connectivity index is 1.92. The van der Waals surface area contributed by atoms with Crippen molar-refractivity contribution < 1.29 is 5.11 Å². The predicted molar refractivity (Wildman–Crippen MR) is 58.4 cm³/mol. The largest absolute Gasteiger partial charge is 0.508 e. The van der Waals surface area contributed by atoms with Gasteiger partial charge < -0.3 is 5.11 Å².